The number of rotatable bonds is 3. The van der Waals surface area contributed by atoms with Crippen molar-refractivity contribution in [2.75, 3.05) is 10.6 Å². The summed E-state index contributed by atoms with van der Waals surface area (Å²) in [5.74, 6) is -1.55. The molecule has 7 heteroatoms. The second kappa shape index (κ2) is 6.25. The van der Waals surface area contributed by atoms with E-state index in [9.17, 15) is 14.4 Å². The molecule has 3 N–H and O–H groups in total. The van der Waals surface area contributed by atoms with Gasteiger partial charge in [0.1, 0.15) is 5.60 Å². The predicted molar refractivity (Wildman–Crippen MR) is 77.6 cm³/mol. The molecule has 0 radical (unpaired) electrons. The minimum atomic E-state index is -1.23. The molecule has 114 valence electrons. The fourth-order valence-electron chi connectivity index (χ4n) is 1.52. The number of ether oxygens (including phenoxy) is 1. The van der Waals surface area contributed by atoms with Crippen LogP contribution in [0.4, 0.5) is 16.2 Å². The minimum absolute atomic E-state index is 0.0888. The maximum absolute atomic E-state index is 11.7. The number of hydrogen-bond donors (Lipinski definition) is 3. The van der Waals surface area contributed by atoms with E-state index in [4.69, 9.17) is 9.84 Å². The Balaban J connectivity index is 2.99. The number of benzene rings is 1. The van der Waals surface area contributed by atoms with Gasteiger partial charge in [-0.25, -0.2) is 9.59 Å². The summed E-state index contributed by atoms with van der Waals surface area (Å²) in [7, 11) is 0. The first-order valence-corrected chi connectivity index (χ1v) is 6.23. The highest BCUT2D eigenvalue weighted by atomic mass is 16.6. The summed E-state index contributed by atoms with van der Waals surface area (Å²) in [6.45, 7) is 6.41. The molecule has 1 aromatic carbocycles. The average molecular weight is 294 g/mol. The number of nitrogens with one attached hydrogen (secondary N) is 2. The third-order valence-corrected chi connectivity index (χ3v) is 2.21. The number of carbonyl (C=O) groups excluding carboxylic acids is 2. The van der Waals surface area contributed by atoms with E-state index in [0.717, 1.165) is 0 Å². The van der Waals surface area contributed by atoms with Gasteiger partial charge in [0.25, 0.3) is 0 Å². The quantitative estimate of drug-likeness (QED) is 0.795. The van der Waals surface area contributed by atoms with Crippen LogP contribution in [-0.2, 0) is 9.53 Å². The molecule has 1 aromatic rings. The van der Waals surface area contributed by atoms with Gasteiger partial charge in [0, 0.05) is 12.6 Å². The van der Waals surface area contributed by atoms with Crippen molar-refractivity contribution in [3.05, 3.63) is 23.8 Å². The summed E-state index contributed by atoms with van der Waals surface area (Å²) in [4.78, 5) is 33.9. The van der Waals surface area contributed by atoms with Gasteiger partial charge in [0.15, 0.2) is 0 Å². The Labute approximate surface area is 122 Å². The summed E-state index contributed by atoms with van der Waals surface area (Å²) in [5.41, 5.74) is -0.420. The van der Waals surface area contributed by atoms with Crippen LogP contribution in [0.25, 0.3) is 0 Å². The molecule has 0 saturated heterocycles. The molecule has 0 aliphatic carbocycles. The molecule has 7 nitrogen and oxygen atoms in total. The molecule has 0 aliphatic rings. The van der Waals surface area contributed by atoms with E-state index in [-0.39, 0.29) is 17.2 Å². The van der Waals surface area contributed by atoms with Crippen molar-refractivity contribution in [1.82, 2.24) is 0 Å². The molecule has 0 saturated carbocycles. The lowest BCUT2D eigenvalue weighted by molar-refractivity contribution is -0.114. The smallest absolute Gasteiger partial charge is 0.412 e. The summed E-state index contributed by atoms with van der Waals surface area (Å²) in [5, 5.41) is 14.0. The number of aromatic carboxylic acids is 1. The van der Waals surface area contributed by atoms with Crippen LogP contribution >= 0.6 is 0 Å². The maximum atomic E-state index is 11.7. The minimum Gasteiger partial charge on any atom is -0.478 e. The molecular formula is C14H18N2O5. The topological polar surface area (TPSA) is 105 Å². The van der Waals surface area contributed by atoms with Gasteiger partial charge in [-0.15, -0.1) is 0 Å². The Morgan fingerprint density at radius 2 is 1.76 bits per heavy atom. The van der Waals surface area contributed by atoms with Crippen LogP contribution in [0.5, 0.6) is 0 Å². The summed E-state index contributed by atoms with van der Waals surface area (Å²) in [6.07, 6.45) is -0.753. The van der Waals surface area contributed by atoms with E-state index in [1.54, 1.807) is 20.8 Å². The number of amides is 2. The largest absolute Gasteiger partial charge is 0.478 e. The van der Waals surface area contributed by atoms with Crippen molar-refractivity contribution in [3.8, 4) is 0 Å². The van der Waals surface area contributed by atoms with Crippen LogP contribution in [0, 0.1) is 0 Å². The number of anilines is 2. The third-order valence-electron chi connectivity index (χ3n) is 2.21. The van der Waals surface area contributed by atoms with E-state index in [1.807, 2.05) is 0 Å². The molecule has 0 unspecified atom stereocenters. The zero-order chi connectivity index (χ0) is 16.2. The number of carbonyl (C=O) groups is 3. The number of carboxylic acid groups (broad SMARTS) is 1. The van der Waals surface area contributed by atoms with Crippen LogP contribution in [0.3, 0.4) is 0 Å². The molecule has 0 heterocycles. The zero-order valence-corrected chi connectivity index (χ0v) is 12.3. The number of hydrogen-bond acceptors (Lipinski definition) is 4. The van der Waals surface area contributed by atoms with Crippen molar-refractivity contribution >= 4 is 29.3 Å². The van der Waals surface area contributed by atoms with E-state index >= 15 is 0 Å². The van der Waals surface area contributed by atoms with Crippen LogP contribution in [0.1, 0.15) is 38.1 Å². The Hall–Kier alpha value is -2.57. The first-order valence-electron chi connectivity index (χ1n) is 6.23. The molecule has 0 atom stereocenters. The predicted octanol–water partition coefficient (Wildman–Crippen LogP) is 2.69. The lowest BCUT2D eigenvalue weighted by Gasteiger charge is -2.20. The lowest BCUT2D eigenvalue weighted by atomic mass is 10.1. The molecule has 21 heavy (non-hydrogen) atoms. The van der Waals surface area contributed by atoms with E-state index < -0.39 is 17.7 Å². The van der Waals surface area contributed by atoms with Gasteiger partial charge in [-0.2, -0.15) is 0 Å². The van der Waals surface area contributed by atoms with E-state index in [1.165, 1.54) is 25.1 Å². The molecule has 0 bridgehead atoms. The second-order valence-corrected chi connectivity index (χ2v) is 5.37. The molecule has 0 aromatic heterocycles. The maximum Gasteiger partial charge on any atom is 0.412 e. The first kappa shape index (κ1) is 16.5. The van der Waals surface area contributed by atoms with Gasteiger partial charge in [0.2, 0.25) is 5.91 Å². The fraction of sp³-hybridized carbons (Fsp3) is 0.357. The summed E-state index contributed by atoms with van der Waals surface area (Å²) < 4.78 is 5.06. The van der Waals surface area contributed by atoms with Crippen LogP contribution in [0.15, 0.2) is 18.2 Å². The van der Waals surface area contributed by atoms with Crippen LogP contribution in [-0.4, -0.2) is 28.7 Å². The highest BCUT2D eigenvalue weighted by Crippen LogP contribution is 2.21. The van der Waals surface area contributed by atoms with Gasteiger partial charge in [-0.1, -0.05) is 0 Å². The zero-order valence-electron chi connectivity index (χ0n) is 12.3. The van der Waals surface area contributed by atoms with Gasteiger partial charge in [0.05, 0.1) is 11.3 Å². The first-order chi connectivity index (χ1) is 9.58. The highest BCUT2D eigenvalue weighted by Gasteiger charge is 2.19. The Kier molecular flexibility index (Phi) is 4.91. The van der Waals surface area contributed by atoms with Crippen molar-refractivity contribution in [2.45, 2.75) is 33.3 Å². The molecule has 0 aliphatic heterocycles. The Morgan fingerprint density at radius 3 is 2.24 bits per heavy atom. The standard InChI is InChI=1S/C14H18N2O5/c1-8(17)15-9-5-6-11(10(7-9)12(18)19)16-13(20)21-14(2,3)4/h5-7H,1-4H3,(H,15,17)(H,16,20)(H,18,19). The van der Waals surface area contributed by atoms with E-state index in [2.05, 4.69) is 10.6 Å². The highest BCUT2D eigenvalue weighted by molar-refractivity contribution is 6.00. The normalized spacial score (nSPS) is 10.7. The fourth-order valence-corrected chi connectivity index (χ4v) is 1.52. The second-order valence-electron chi connectivity index (χ2n) is 5.37. The van der Waals surface area contributed by atoms with Gasteiger partial charge in [-0.05, 0) is 39.0 Å². The van der Waals surface area contributed by atoms with Crippen LogP contribution in [0.2, 0.25) is 0 Å². The lowest BCUT2D eigenvalue weighted by Crippen LogP contribution is -2.27. The van der Waals surface area contributed by atoms with Crippen molar-refractivity contribution in [1.29, 1.82) is 0 Å². The van der Waals surface area contributed by atoms with Crippen molar-refractivity contribution < 1.29 is 24.2 Å². The van der Waals surface area contributed by atoms with Crippen LogP contribution < -0.4 is 10.6 Å². The number of carboxylic acids is 1. The molecular weight excluding hydrogens is 276 g/mol. The van der Waals surface area contributed by atoms with Gasteiger partial charge in [-0.3, -0.25) is 10.1 Å². The third kappa shape index (κ3) is 5.52. The summed E-state index contributed by atoms with van der Waals surface area (Å²) in [6, 6.07) is 4.13. The Bertz CT molecular complexity index is 575. The molecule has 1 rings (SSSR count). The van der Waals surface area contributed by atoms with Crippen molar-refractivity contribution in [2.24, 2.45) is 0 Å². The van der Waals surface area contributed by atoms with Gasteiger partial charge >= 0.3 is 12.1 Å². The monoisotopic (exact) mass is 294 g/mol. The Morgan fingerprint density at radius 1 is 1.14 bits per heavy atom. The summed E-state index contributed by atoms with van der Waals surface area (Å²) >= 11 is 0. The van der Waals surface area contributed by atoms with E-state index in [0.29, 0.717) is 5.69 Å². The molecule has 0 spiro atoms. The van der Waals surface area contributed by atoms with Gasteiger partial charge < -0.3 is 15.2 Å². The van der Waals surface area contributed by atoms with Crippen molar-refractivity contribution in [3.63, 3.8) is 0 Å². The SMILES string of the molecule is CC(=O)Nc1ccc(NC(=O)OC(C)(C)C)c(C(=O)O)c1. The molecule has 0 fully saturated rings. The average Bonchev–Trinajstić information content (AvgIpc) is 2.27. The molecule has 2 amide bonds.